The van der Waals surface area contributed by atoms with Crippen molar-refractivity contribution in [2.45, 2.75) is 19.1 Å². The van der Waals surface area contributed by atoms with Crippen LogP contribution in [0.5, 0.6) is 0 Å². The molecule has 3 rings (SSSR count). The lowest BCUT2D eigenvalue weighted by Crippen LogP contribution is -2.43. The van der Waals surface area contributed by atoms with Crippen LogP contribution in [0.2, 0.25) is 0 Å². The molecule has 7 nitrogen and oxygen atoms in total. The van der Waals surface area contributed by atoms with E-state index in [0.29, 0.717) is 39.5 Å². The summed E-state index contributed by atoms with van der Waals surface area (Å²) in [6, 6.07) is 3.89. The van der Waals surface area contributed by atoms with E-state index in [1.807, 2.05) is 12.1 Å². The number of rotatable bonds is 6. The van der Waals surface area contributed by atoms with E-state index >= 15 is 0 Å². The van der Waals surface area contributed by atoms with Crippen LogP contribution in [-0.4, -0.2) is 69.9 Å². The molecule has 0 aromatic carbocycles. The van der Waals surface area contributed by atoms with Crippen LogP contribution in [-0.2, 0) is 26.1 Å². The second-order valence-corrected chi connectivity index (χ2v) is 8.02. The lowest BCUT2D eigenvalue weighted by Gasteiger charge is -2.35. The van der Waals surface area contributed by atoms with Gasteiger partial charge in [-0.3, -0.25) is 4.90 Å². The average molecular weight is 344 g/mol. The van der Waals surface area contributed by atoms with Gasteiger partial charge >= 0.3 is 0 Å². The summed E-state index contributed by atoms with van der Waals surface area (Å²) in [6.45, 7) is 4.30. The molecular formula is C15H24N2O5S. The molecule has 1 aromatic heterocycles. The fourth-order valence-electron chi connectivity index (χ4n) is 3.14. The van der Waals surface area contributed by atoms with E-state index in [9.17, 15) is 8.42 Å². The van der Waals surface area contributed by atoms with Crippen LogP contribution in [0.4, 0.5) is 0 Å². The van der Waals surface area contributed by atoms with Gasteiger partial charge in [0.25, 0.3) is 0 Å². The average Bonchev–Trinajstić information content (AvgIpc) is 3.12. The molecule has 0 aliphatic carbocycles. The van der Waals surface area contributed by atoms with Gasteiger partial charge in [-0.05, 0) is 18.6 Å². The smallest absolute Gasteiger partial charge is 0.214 e. The Balaban J connectivity index is 1.64. The first-order valence-electron chi connectivity index (χ1n) is 7.97. The normalized spacial score (nSPS) is 25.9. The van der Waals surface area contributed by atoms with Crippen molar-refractivity contribution in [3.05, 3.63) is 23.7 Å². The van der Waals surface area contributed by atoms with Gasteiger partial charge in [-0.2, -0.15) is 0 Å². The molecule has 2 saturated heterocycles. The Labute approximate surface area is 137 Å². The van der Waals surface area contributed by atoms with Gasteiger partial charge in [0.05, 0.1) is 25.0 Å². The second kappa shape index (κ2) is 7.31. The highest BCUT2D eigenvalue weighted by Crippen LogP contribution is 2.26. The molecule has 0 radical (unpaired) electrons. The third-order valence-corrected chi connectivity index (χ3v) is 6.33. The molecule has 8 heteroatoms. The molecule has 2 aliphatic rings. The molecule has 2 fully saturated rings. The Morgan fingerprint density at radius 3 is 2.91 bits per heavy atom. The number of ether oxygens (including phenoxy) is 2. The van der Waals surface area contributed by atoms with Gasteiger partial charge in [0.15, 0.2) is 0 Å². The van der Waals surface area contributed by atoms with Crippen LogP contribution in [0.25, 0.3) is 0 Å². The first kappa shape index (κ1) is 16.9. The summed E-state index contributed by atoms with van der Waals surface area (Å²) >= 11 is 0. The van der Waals surface area contributed by atoms with Crippen molar-refractivity contribution in [2.75, 3.05) is 52.3 Å². The van der Waals surface area contributed by atoms with Crippen LogP contribution < -0.4 is 0 Å². The summed E-state index contributed by atoms with van der Waals surface area (Å²) in [5, 5.41) is 0. The minimum absolute atomic E-state index is 0.0275. The first-order valence-corrected chi connectivity index (χ1v) is 9.58. The topological polar surface area (TPSA) is 72.2 Å². The molecule has 1 unspecified atom stereocenters. The Morgan fingerprint density at radius 1 is 1.30 bits per heavy atom. The van der Waals surface area contributed by atoms with Crippen LogP contribution in [0.3, 0.4) is 0 Å². The van der Waals surface area contributed by atoms with E-state index in [4.69, 9.17) is 13.9 Å². The fourth-order valence-corrected chi connectivity index (χ4v) is 4.66. The van der Waals surface area contributed by atoms with Crippen molar-refractivity contribution in [1.29, 1.82) is 0 Å². The highest BCUT2D eigenvalue weighted by Gasteiger charge is 2.31. The summed E-state index contributed by atoms with van der Waals surface area (Å²) < 4.78 is 41.9. The molecule has 130 valence electrons. The maximum absolute atomic E-state index is 11.9. The summed E-state index contributed by atoms with van der Waals surface area (Å²) in [7, 11) is -1.40. The van der Waals surface area contributed by atoms with E-state index in [2.05, 4.69) is 4.90 Å². The molecule has 1 atom stereocenters. The number of hydrogen-bond donors (Lipinski definition) is 0. The maximum Gasteiger partial charge on any atom is 0.214 e. The number of sulfonamides is 1. The number of methoxy groups -OCH3 is 1. The second-order valence-electron chi connectivity index (χ2n) is 5.93. The number of hydrogen-bond acceptors (Lipinski definition) is 6. The van der Waals surface area contributed by atoms with Gasteiger partial charge in [-0.15, -0.1) is 0 Å². The molecular weight excluding hydrogens is 320 g/mol. The summed E-state index contributed by atoms with van der Waals surface area (Å²) in [6.07, 6.45) is 0.730. The summed E-state index contributed by atoms with van der Waals surface area (Å²) in [5.41, 5.74) is 0. The third kappa shape index (κ3) is 3.95. The zero-order chi connectivity index (χ0) is 16.3. The minimum atomic E-state index is -3.04. The van der Waals surface area contributed by atoms with Crippen molar-refractivity contribution < 1.29 is 22.3 Å². The lowest BCUT2D eigenvalue weighted by molar-refractivity contribution is -0.0179. The van der Waals surface area contributed by atoms with Crippen molar-refractivity contribution in [1.82, 2.24) is 9.21 Å². The lowest BCUT2D eigenvalue weighted by atomic mass is 10.1. The van der Waals surface area contributed by atoms with Gasteiger partial charge in [-0.1, -0.05) is 0 Å². The molecule has 0 amide bonds. The third-order valence-electron chi connectivity index (χ3n) is 4.38. The van der Waals surface area contributed by atoms with Gasteiger partial charge in [-0.25, -0.2) is 12.7 Å². The molecule has 0 bridgehead atoms. The number of morpholine rings is 1. The SMILES string of the molecule is COCc1ccc(C2COCCN2CCN2CCCS2(=O)=O)o1. The predicted octanol–water partition coefficient (Wildman–Crippen LogP) is 0.835. The van der Waals surface area contributed by atoms with E-state index in [0.717, 1.165) is 24.5 Å². The standard InChI is InChI=1S/C15H24N2O5S/c1-20-11-13-3-4-15(22-13)14-12-21-9-8-16(14)6-7-17-5-2-10-23(17,18)19/h3-4,14H,2,5-12H2,1H3. The molecule has 0 N–H and O–H groups in total. The number of furan rings is 1. The van der Waals surface area contributed by atoms with E-state index in [-0.39, 0.29) is 11.8 Å². The number of nitrogens with zero attached hydrogens (tertiary/aromatic N) is 2. The highest BCUT2D eigenvalue weighted by molar-refractivity contribution is 7.89. The Hall–Kier alpha value is -0.930. The largest absolute Gasteiger partial charge is 0.462 e. The van der Waals surface area contributed by atoms with Crippen molar-refractivity contribution in [3.63, 3.8) is 0 Å². The molecule has 1 aromatic rings. The van der Waals surface area contributed by atoms with E-state index in [1.54, 1.807) is 11.4 Å². The van der Waals surface area contributed by atoms with Crippen LogP contribution >= 0.6 is 0 Å². The molecule has 2 aliphatic heterocycles. The van der Waals surface area contributed by atoms with Gasteiger partial charge in [0.2, 0.25) is 10.0 Å². The zero-order valence-electron chi connectivity index (χ0n) is 13.4. The van der Waals surface area contributed by atoms with E-state index in [1.165, 1.54) is 0 Å². The summed E-state index contributed by atoms with van der Waals surface area (Å²) in [4.78, 5) is 2.24. The van der Waals surface area contributed by atoms with Gasteiger partial charge in [0.1, 0.15) is 18.1 Å². The first-order chi connectivity index (χ1) is 11.1. The van der Waals surface area contributed by atoms with Crippen LogP contribution in [0.1, 0.15) is 24.0 Å². The Kier molecular flexibility index (Phi) is 5.38. The molecule has 0 saturated carbocycles. The minimum Gasteiger partial charge on any atom is -0.462 e. The van der Waals surface area contributed by atoms with Gasteiger partial charge in [0, 0.05) is 33.3 Å². The molecule has 0 spiro atoms. The van der Waals surface area contributed by atoms with Crippen LogP contribution in [0.15, 0.2) is 16.5 Å². The quantitative estimate of drug-likeness (QED) is 0.761. The van der Waals surface area contributed by atoms with Crippen molar-refractivity contribution in [3.8, 4) is 0 Å². The maximum atomic E-state index is 11.9. The molecule has 3 heterocycles. The van der Waals surface area contributed by atoms with Crippen LogP contribution in [0, 0.1) is 0 Å². The zero-order valence-corrected chi connectivity index (χ0v) is 14.3. The molecule has 23 heavy (non-hydrogen) atoms. The monoisotopic (exact) mass is 344 g/mol. The Bertz CT molecular complexity index is 615. The van der Waals surface area contributed by atoms with Gasteiger partial charge < -0.3 is 13.9 Å². The highest BCUT2D eigenvalue weighted by atomic mass is 32.2. The summed E-state index contributed by atoms with van der Waals surface area (Å²) in [5.74, 6) is 1.91. The van der Waals surface area contributed by atoms with Crippen molar-refractivity contribution in [2.24, 2.45) is 0 Å². The van der Waals surface area contributed by atoms with Crippen molar-refractivity contribution >= 4 is 10.0 Å². The fraction of sp³-hybridized carbons (Fsp3) is 0.733. The van der Waals surface area contributed by atoms with E-state index < -0.39 is 10.0 Å². The predicted molar refractivity (Wildman–Crippen MR) is 84.5 cm³/mol. The Morgan fingerprint density at radius 2 is 2.17 bits per heavy atom.